The summed E-state index contributed by atoms with van der Waals surface area (Å²) in [6, 6.07) is 10.3. The Morgan fingerprint density at radius 1 is 0.828 bits per heavy atom. The summed E-state index contributed by atoms with van der Waals surface area (Å²) in [6.07, 6.45) is 0. The van der Waals surface area contributed by atoms with Gasteiger partial charge in [-0.1, -0.05) is 25.3 Å². The summed E-state index contributed by atoms with van der Waals surface area (Å²) in [4.78, 5) is 23.6. The Labute approximate surface area is 168 Å². The Kier molecular flexibility index (Phi) is 7.82. The number of carbonyl (C=O) groups excluding carboxylic acids is 2. The quantitative estimate of drug-likeness (QED) is 0.363. The number of halogens is 1. The van der Waals surface area contributed by atoms with E-state index in [-0.39, 0.29) is 30.1 Å². The molecule has 0 aromatic heterocycles. The summed E-state index contributed by atoms with van der Waals surface area (Å²) in [5, 5.41) is 0. The third-order valence-electron chi connectivity index (χ3n) is 3.74. The van der Waals surface area contributed by atoms with E-state index in [1.165, 1.54) is 38.5 Å². The maximum atomic E-state index is 14.5. The summed E-state index contributed by atoms with van der Waals surface area (Å²) in [5.41, 5.74) is 1.15. The first-order valence-electron chi connectivity index (χ1n) is 8.53. The minimum atomic E-state index is -0.694. The number of benzene rings is 2. The minimum absolute atomic E-state index is 0.0230. The summed E-state index contributed by atoms with van der Waals surface area (Å²) in [7, 11) is 2.87. The molecule has 0 atom stereocenters. The topological polar surface area (TPSA) is 71.1 Å². The third kappa shape index (κ3) is 6.10. The second kappa shape index (κ2) is 10.3. The lowest BCUT2D eigenvalue weighted by Gasteiger charge is -2.10. The molecular formula is C22H21FO6. The highest BCUT2D eigenvalue weighted by Gasteiger charge is 2.13. The smallest absolute Gasteiger partial charge is 0.341 e. The van der Waals surface area contributed by atoms with Gasteiger partial charge >= 0.3 is 11.9 Å². The zero-order valence-corrected chi connectivity index (χ0v) is 16.2. The van der Waals surface area contributed by atoms with Gasteiger partial charge in [-0.3, -0.25) is 0 Å². The SMILES string of the molecule is C=C(COC)C(=O)Oc1ccc(-c2ccc(OC(=O)C(=C)COC)cc2F)cc1. The van der Waals surface area contributed by atoms with Crippen LogP contribution in [0.5, 0.6) is 11.5 Å². The molecule has 7 heteroatoms. The first-order valence-corrected chi connectivity index (χ1v) is 8.53. The zero-order chi connectivity index (χ0) is 21.4. The van der Waals surface area contributed by atoms with Gasteiger partial charge in [0.1, 0.15) is 17.3 Å². The van der Waals surface area contributed by atoms with Crippen molar-refractivity contribution in [1.29, 1.82) is 0 Å². The minimum Gasteiger partial charge on any atom is -0.423 e. The molecule has 2 aromatic rings. The van der Waals surface area contributed by atoms with Crippen LogP contribution in [0.1, 0.15) is 0 Å². The van der Waals surface area contributed by atoms with Gasteiger partial charge in [0.25, 0.3) is 0 Å². The molecule has 29 heavy (non-hydrogen) atoms. The van der Waals surface area contributed by atoms with Crippen LogP contribution in [0.25, 0.3) is 11.1 Å². The van der Waals surface area contributed by atoms with Crippen molar-refractivity contribution >= 4 is 11.9 Å². The molecule has 0 aliphatic carbocycles. The van der Waals surface area contributed by atoms with Crippen molar-refractivity contribution in [2.24, 2.45) is 0 Å². The van der Waals surface area contributed by atoms with E-state index in [1.807, 2.05) is 0 Å². The van der Waals surface area contributed by atoms with E-state index in [4.69, 9.17) is 18.9 Å². The van der Waals surface area contributed by atoms with Gasteiger partial charge in [0.05, 0.1) is 24.4 Å². The lowest BCUT2D eigenvalue weighted by molar-refractivity contribution is -0.131. The molecule has 6 nitrogen and oxygen atoms in total. The van der Waals surface area contributed by atoms with Crippen molar-refractivity contribution in [3.05, 3.63) is 72.6 Å². The lowest BCUT2D eigenvalue weighted by Crippen LogP contribution is -2.14. The van der Waals surface area contributed by atoms with Gasteiger partial charge in [0, 0.05) is 25.8 Å². The second-order valence-electron chi connectivity index (χ2n) is 6.02. The Bertz CT molecular complexity index is 917. The molecule has 152 valence electrons. The Morgan fingerprint density at radius 3 is 1.79 bits per heavy atom. The average Bonchev–Trinajstić information content (AvgIpc) is 2.69. The van der Waals surface area contributed by atoms with Crippen LogP contribution >= 0.6 is 0 Å². The van der Waals surface area contributed by atoms with Crippen LogP contribution in [0, 0.1) is 5.82 Å². The van der Waals surface area contributed by atoms with Gasteiger partial charge in [-0.05, 0) is 29.8 Å². The molecule has 0 radical (unpaired) electrons. The van der Waals surface area contributed by atoms with Crippen LogP contribution in [0.2, 0.25) is 0 Å². The molecule has 2 rings (SSSR count). The highest BCUT2D eigenvalue weighted by atomic mass is 19.1. The van der Waals surface area contributed by atoms with Crippen LogP contribution in [0.15, 0.2) is 66.8 Å². The van der Waals surface area contributed by atoms with Crippen molar-refractivity contribution in [2.45, 2.75) is 0 Å². The predicted octanol–water partition coefficient (Wildman–Crippen LogP) is 3.71. The maximum Gasteiger partial charge on any atom is 0.341 e. The van der Waals surface area contributed by atoms with Gasteiger partial charge in [-0.25, -0.2) is 14.0 Å². The Morgan fingerprint density at radius 2 is 1.31 bits per heavy atom. The zero-order valence-electron chi connectivity index (χ0n) is 16.2. The van der Waals surface area contributed by atoms with Crippen LogP contribution in [0.4, 0.5) is 4.39 Å². The summed E-state index contributed by atoms with van der Waals surface area (Å²) in [5.74, 6) is -1.53. The summed E-state index contributed by atoms with van der Waals surface area (Å²) < 4.78 is 34.4. The molecule has 0 aliphatic rings. The normalized spacial score (nSPS) is 10.3. The molecule has 0 saturated heterocycles. The standard InChI is InChI=1S/C22H21FO6/c1-14(12-26-3)21(24)28-17-7-5-16(6-8-17)19-10-9-18(11-20(19)23)29-22(25)15(2)13-27-4/h5-11H,1-2,12-13H2,3-4H3. The molecule has 0 unspecified atom stereocenters. The van der Waals surface area contributed by atoms with Crippen molar-refractivity contribution in [3.63, 3.8) is 0 Å². The van der Waals surface area contributed by atoms with Crippen molar-refractivity contribution in [3.8, 4) is 22.6 Å². The maximum absolute atomic E-state index is 14.5. The summed E-state index contributed by atoms with van der Waals surface area (Å²) >= 11 is 0. The van der Waals surface area contributed by atoms with Gasteiger partial charge in [-0.15, -0.1) is 0 Å². The highest BCUT2D eigenvalue weighted by molar-refractivity contribution is 5.90. The van der Waals surface area contributed by atoms with Gasteiger partial charge in [0.15, 0.2) is 0 Å². The third-order valence-corrected chi connectivity index (χ3v) is 3.74. The molecule has 0 spiro atoms. The molecule has 0 bridgehead atoms. The fraction of sp³-hybridized carbons (Fsp3) is 0.182. The first kappa shape index (κ1) is 22.0. The van der Waals surface area contributed by atoms with Crippen LogP contribution in [-0.4, -0.2) is 39.4 Å². The molecule has 0 aliphatic heterocycles. The summed E-state index contributed by atoms with van der Waals surface area (Å²) in [6.45, 7) is 7.20. The van der Waals surface area contributed by atoms with E-state index in [9.17, 15) is 14.0 Å². The molecular weight excluding hydrogens is 379 g/mol. The van der Waals surface area contributed by atoms with Crippen molar-refractivity contribution in [2.75, 3.05) is 27.4 Å². The average molecular weight is 400 g/mol. The number of methoxy groups -OCH3 is 2. The van der Waals surface area contributed by atoms with Crippen molar-refractivity contribution in [1.82, 2.24) is 0 Å². The van der Waals surface area contributed by atoms with E-state index in [0.29, 0.717) is 16.9 Å². The van der Waals surface area contributed by atoms with E-state index in [1.54, 1.807) is 12.1 Å². The number of hydrogen-bond acceptors (Lipinski definition) is 6. The second-order valence-corrected chi connectivity index (χ2v) is 6.02. The lowest BCUT2D eigenvalue weighted by atomic mass is 10.0. The number of ether oxygens (including phenoxy) is 4. The van der Waals surface area contributed by atoms with E-state index in [2.05, 4.69) is 13.2 Å². The van der Waals surface area contributed by atoms with Crippen molar-refractivity contribution < 1.29 is 32.9 Å². The predicted molar refractivity (Wildman–Crippen MR) is 105 cm³/mol. The van der Waals surface area contributed by atoms with Gasteiger partial charge in [0.2, 0.25) is 0 Å². The number of esters is 2. The highest BCUT2D eigenvalue weighted by Crippen LogP contribution is 2.28. The van der Waals surface area contributed by atoms with E-state index in [0.717, 1.165) is 6.07 Å². The van der Waals surface area contributed by atoms with Crippen LogP contribution in [0.3, 0.4) is 0 Å². The fourth-order valence-electron chi connectivity index (χ4n) is 2.32. The van der Waals surface area contributed by atoms with Crippen LogP contribution < -0.4 is 9.47 Å². The largest absolute Gasteiger partial charge is 0.423 e. The Balaban J connectivity index is 2.09. The number of hydrogen-bond donors (Lipinski definition) is 0. The molecule has 2 aromatic carbocycles. The monoisotopic (exact) mass is 400 g/mol. The Hall–Kier alpha value is -3.29. The first-order chi connectivity index (χ1) is 13.8. The molecule has 0 saturated carbocycles. The number of rotatable bonds is 9. The molecule has 0 N–H and O–H groups in total. The molecule has 0 fully saturated rings. The fourth-order valence-corrected chi connectivity index (χ4v) is 2.32. The van der Waals surface area contributed by atoms with Gasteiger partial charge in [-0.2, -0.15) is 0 Å². The molecule has 0 heterocycles. The van der Waals surface area contributed by atoms with Gasteiger partial charge < -0.3 is 18.9 Å². The van der Waals surface area contributed by atoms with E-state index >= 15 is 0 Å². The molecule has 0 amide bonds. The van der Waals surface area contributed by atoms with E-state index < -0.39 is 17.8 Å². The van der Waals surface area contributed by atoms with Crippen LogP contribution in [-0.2, 0) is 19.1 Å². The number of carbonyl (C=O) groups is 2.